The largest absolute Gasteiger partial charge is 0.341 e. The Labute approximate surface area is 148 Å². The number of rotatable bonds is 6. The quantitative estimate of drug-likeness (QED) is 0.691. The minimum atomic E-state index is 0.0613. The number of hydrogen-bond acceptors (Lipinski definition) is 2. The fourth-order valence-electron chi connectivity index (χ4n) is 3.04. The Balaban J connectivity index is 1.76. The summed E-state index contributed by atoms with van der Waals surface area (Å²) in [5.41, 5.74) is 3.36. The zero-order valence-corrected chi connectivity index (χ0v) is 14.7. The maximum atomic E-state index is 12.8. The molecule has 3 aromatic rings. The van der Waals surface area contributed by atoms with E-state index in [1.807, 2.05) is 56.7 Å². The lowest BCUT2D eigenvalue weighted by molar-refractivity contribution is -0.130. The van der Waals surface area contributed by atoms with Gasteiger partial charge in [-0.15, -0.1) is 0 Å². The van der Waals surface area contributed by atoms with E-state index in [9.17, 15) is 4.79 Å². The van der Waals surface area contributed by atoms with Gasteiger partial charge in [-0.25, -0.2) is 0 Å². The van der Waals surface area contributed by atoms with Crippen molar-refractivity contribution in [3.63, 3.8) is 0 Å². The topological polar surface area (TPSA) is 38.1 Å². The summed E-state index contributed by atoms with van der Waals surface area (Å²) < 4.78 is 1.75. The third kappa shape index (κ3) is 4.35. The molecule has 0 aliphatic rings. The summed E-state index contributed by atoms with van der Waals surface area (Å²) in [5, 5.41) is 4.16. The Morgan fingerprint density at radius 2 is 1.60 bits per heavy atom. The van der Waals surface area contributed by atoms with Crippen LogP contribution < -0.4 is 0 Å². The summed E-state index contributed by atoms with van der Waals surface area (Å²) >= 11 is 0. The van der Waals surface area contributed by atoms with Gasteiger partial charge in [-0.3, -0.25) is 9.48 Å². The first kappa shape index (κ1) is 17.0. The van der Waals surface area contributed by atoms with Gasteiger partial charge in [0.05, 0.1) is 6.20 Å². The van der Waals surface area contributed by atoms with Gasteiger partial charge in [-0.1, -0.05) is 60.7 Å². The Morgan fingerprint density at radius 1 is 1.04 bits per heavy atom. The van der Waals surface area contributed by atoms with Crippen LogP contribution in [-0.2, 0) is 18.4 Å². The number of carbonyl (C=O) groups excluding carboxylic acids is 1. The maximum absolute atomic E-state index is 12.8. The molecule has 0 saturated carbocycles. The van der Waals surface area contributed by atoms with E-state index in [4.69, 9.17) is 0 Å². The highest BCUT2D eigenvalue weighted by atomic mass is 16.2. The monoisotopic (exact) mass is 333 g/mol. The SMILES string of the molecule is CN(Cc1cnn(C)c1)C(=O)CC(c1ccccc1)c1ccccc1. The van der Waals surface area contributed by atoms with Crippen molar-refractivity contribution in [2.45, 2.75) is 18.9 Å². The zero-order valence-electron chi connectivity index (χ0n) is 14.7. The molecule has 0 atom stereocenters. The van der Waals surface area contributed by atoms with Crippen molar-refractivity contribution in [3.8, 4) is 0 Å². The number of amides is 1. The van der Waals surface area contributed by atoms with Crippen LogP contribution in [0.2, 0.25) is 0 Å². The van der Waals surface area contributed by atoms with Gasteiger partial charge in [0, 0.05) is 44.7 Å². The van der Waals surface area contributed by atoms with Gasteiger partial charge >= 0.3 is 0 Å². The van der Waals surface area contributed by atoms with Crippen LogP contribution in [0.5, 0.6) is 0 Å². The highest BCUT2D eigenvalue weighted by Gasteiger charge is 2.20. The molecule has 128 valence electrons. The lowest BCUT2D eigenvalue weighted by Gasteiger charge is -2.22. The molecule has 0 saturated heterocycles. The molecule has 25 heavy (non-hydrogen) atoms. The van der Waals surface area contributed by atoms with E-state index in [1.165, 1.54) is 0 Å². The van der Waals surface area contributed by atoms with Gasteiger partial charge in [0.25, 0.3) is 0 Å². The molecule has 1 heterocycles. The zero-order chi connectivity index (χ0) is 17.6. The fourth-order valence-corrected chi connectivity index (χ4v) is 3.04. The number of carbonyl (C=O) groups is 1. The molecule has 0 N–H and O–H groups in total. The normalized spacial score (nSPS) is 10.8. The number of hydrogen-bond donors (Lipinski definition) is 0. The number of aromatic nitrogens is 2. The van der Waals surface area contributed by atoms with Gasteiger partial charge in [0.15, 0.2) is 0 Å². The van der Waals surface area contributed by atoms with Crippen molar-refractivity contribution < 1.29 is 4.79 Å². The molecule has 1 aromatic heterocycles. The molecule has 0 aliphatic carbocycles. The molecule has 4 nitrogen and oxygen atoms in total. The minimum Gasteiger partial charge on any atom is -0.341 e. The average Bonchev–Trinajstić information content (AvgIpc) is 3.05. The summed E-state index contributed by atoms with van der Waals surface area (Å²) in [5.74, 6) is 0.188. The Hall–Kier alpha value is -2.88. The third-order valence-electron chi connectivity index (χ3n) is 4.39. The standard InChI is InChI=1S/C21H23N3O/c1-23(15-17-14-22-24(2)16-17)21(25)13-20(18-9-5-3-6-10-18)19-11-7-4-8-12-19/h3-12,14,16,20H,13,15H2,1-2H3. The highest BCUT2D eigenvalue weighted by molar-refractivity contribution is 5.77. The lowest BCUT2D eigenvalue weighted by Crippen LogP contribution is -2.27. The first-order chi connectivity index (χ1) is 12.1. The smallest absolute Gasteiger partial charge is 0.223 e. The van der Waals surface area contributed by atoms with Gasteiger partial charge in [-0.2, -0.15) is 5.10 Å². The van der Waals surface area contributed by atoms with Crippen LogP contribution in [0.3, 0.4) is 0 Å². The molecule has 3 rings (SSSR count). The van der Waals surface area contributed by atoms with E-state index >= 15 is 0 Å². The second-order valence-electron chi connectivity index (χ2n) is 6.35. The van der Waals surface area contributed by atoms with Crippen LogP contribution in [0.1, 0.15) is 29.0 Å². The first-order valence-corrected chi connectivity index (χ1v) is 8.45. The second-order valence-corrected chi connectivity index (χ2v) is 6.35. The Morgan fingerprint density at radius 3 is 2.08 bits per heavy atom. The van der Waals surface area contributed by atoms with Crippen LogP contribution in [0.4, 0.5) is 0 Å². The molecule has 0 unspecified atom stereocenters. The van der Waals surface area contributed by atoms with E-state index in [-0.39, 0.29) is 11.8 Å². The maximum Gasteiger partial charge on any atom is 0.223 e. The average molecular weight is 333 g/mol. The minimum absolute atomic E-state index is 0.0613. The van der Waals surface area contributed by atoms with E-state index in [1.54, 1.807) is 15.8 Å². The van der Waals surface area contributed by atoms with E-state index in [2.05, 4.69) is 29.4 Å². The van der Waals surface area contributed by atoms with Crippen molar-refractivity contribution in [1.82, 2.24) is 14.7 Å². The molecule has 0 spiro atoms. The van der Waals surface area contributed by atoms with Gasteiger partial charge < -0.3 is 4.90 Å². The van der Waals surface area contributed by atoms with Crippen molar-refractivity contribution in [2.24, 2.45) is 7.05 Å². The van der Waals surface area contributed by atoms with Gasteiger partial charge in [0.2, 0.25) is 5.91 Å². The van der Waals surface area contributed by atoms with Crippen molar-refractivity contribution >= 4 is 5.91 Å². The van der Waals surface area contributed by atoms with Crippen LogP contribution in [0, 0.1) is 0 Å². The third-order valence-corrected chi connectivity index (χ3v) is 4.39. The Bertz CT molecular complexity index is 772. The van der Waals surface area contributed by atoms with Gasteiger partial charge in [-0.05, 0) is 11.1 Å². The Kier molecular flexibility index (Phi) is 5.29. The summed E-state index contributed by atoms with van der Waals surface area (Å²) in [6, 6.07) is 20.5. The van der Waals surface area contributed by atoms with Gasteiger partial charge in [0.1, 0.15) is 0 Å². The molecular formula is C21H23N3O. The van der Waals surface area contributed by atoms with Crippen LogP contribution in [0.15, 0.2) is 73.1 Å². The summed E-state index contributed by atoms with van der Waals surface area (Å²) in [6.45, 7) is 0.572. The molecule has 0 fully saturated rings. The number of aryl methyl sites for hydroxylation is 1. The molecule has 0 bridgehead atoms. The number of benzene rings is 2. The van der Waals surface area contributed by atoms with Crippen molar-refractivity contribution in [1.29, 1.82) is 0 Å². The molecule has 1 amide bonds. The van der Waals surface area contributed by atoms with Crippen LogP contribution in [0.25, 0.3) is 0 Å². The molecule has 2 aromatic carbocycles. The van der Waals surface area contributed by atoms with Crippen molar-refractivity contribution in [3.05, 3.63) is 89.7 Å². The summed E-state index contributed by atoms with van der Waals surface area (Å²) in [4.78, 5) is 14.6. The fraction of sp³-hybridized carbons (Fsp3) is 0.238. The van der Waals surface area contributed by atoms with Crippen molar-refractivity contribution in [2.75, 3.05) is 7.05 Å². The number of nitrogens with zero attached hydrogens (tertiary/aromatic N) is 3. The lowest BCUT2D eigenvalue weighted by atomic mass is 9.88. The van der Waals surface area contributed by atoms with Crippen LogP contribution >= 0.6 is 0 Å². The van der Waals surface area contributed by atoms with E-state index < -0.39 is 0 Å². The molecule has 4 heteroatoms. The summed E-state index contributed by atoms with van der Waals surface area (Å²) in [7, 11) is 3.73. The predicted molar refractivity (Wildman–Crippen MR) is 99.0 cm³/mol. The molecular weight excluding hydrogens is 310 g/mol. The predicted octanol–water partition coefficient (Wildman–Crippen LogP) is 3.60. The second kappa shape index (κ2) is 7.79. The van der Waals surface area contributed by atoms with Crippen LogP contribution in [-0.4, -0.2) is 27.6 Å². The first-order valence-electron chi connectivity index (χ1n) is 8.45. The molecule has 0 aliphatic heterocycles. The summed E-state index contributed by atoms with van der Waals surface area (Å²) in [6.07, 6.45) is 4.19. The highest BCUT2D eigenvalue weighted by Crippen LogP contribution is 2.28. The van der Waals surface area contributed by atoms with E-state index in [0.29, 0.717) is 13.0 Å². The molecule has 0 radical (unpaired) electrons. The van der Waals surface area contributed by atoms with E-state index in [0.717, 1.165) is 16.7 Å².